The molecule has 1 aliphatic rings. The molecule has 1 saturated heterocycles. The van der Waals surface area contributed by atoms with Crippen LogP contribution in [0.2, 0.25) is 0 Å². The smallest absolute Gasteiger partial charge is 0.302 e. The summed E-state index contributed by atoms with van der Waals surface area (Å²) in [6, 6.07) is 0. The minimum Gasteiger partial charge on any atom is -0.461 e. The molecule has 3 nitrogen and oxygen atoms in total. The molecule has 0 aromatic rings. The SMILES string of the molecule is CC(=O)OC1CCCCNC1. The van der Waals surface area contributed by atoms with E-state index in [1.165, 1.54) is 13.3 Å². The highest BCUT2D eigenvalue weighted by atomic mass is 16.5. The van der Waals surface area contributed by atoms with Gasteiger partial charge in [-0.05, 0) is 25.8 Å². The maximum Gasteiger partial charge on any atom is 0.302 e. The molecule has 1 unspecified atom stereocenters. The van der Waals surface area contributed by atoms with E-state index in [1.54, 1.807) is 0 Å². The van der Waals surface area contributed by atoms with Gasteiger partial charge in [-0.3, -0.25) is 4.79 Å². The summed E-state index contributed by atoms with van der Waals surface area (Å²) in [6.45, 7) is 3.34. The third-order valence-electron chi connectivity index (χ3n) is 1.83. The summed E-state index contributed by atoms with van der Waals surface area (Å²) >= 11 is 0. The van der Waals surface area contributed by atoms with Gasteiger partial charge in [0, 0.05) is 13.5 Å². The van der Waals surface area contributed by atoms with E-state index in [1.807, 2.05) is 0 Å². The number of esters is 1. The van der Waals surface area contributed by atoms with Crippen molar-refractivity contribution in [2.75, 3.05) is 13.1 Å². The molecule has 1 heterocycles. The Morgan fingerprint density at radius 1 is 1.55 bits per heavy atom. The van der Waals surface area contributed by atoms with Crippen LogP contribution in [-0.2, 0) is 9.53 Å². The second kappa shape index (κ2) is 4.34. The third kappa shape index (κ3) is 3.37. The first-order chi connectivity index (χ1) is 5.29. The van der Waals surface area contributed by atoms with Gasteiger partial charge in [0.1, 0.15) is 6.10 Å². The number of rotatable bonds is 1. The number of carbonyl (C=O) groups is 1. The van der Waals surface area contributed by atoms with Gasteiger partial charge in [-0.2, -0.15) is 0 Å². The molecule has 1 rings (SSSR count). The van der Waals surface area contributed by atoms with Crippen molar-refractivity contribution in [2.24, 2.45) is 0 Å². The average Bonchev–Trinajstić information content (AvgIpc) is 2.14. The summed E-state index contributed by atoms with van der Waals surface area (Å²) in [7, 11) is 0. The predicted octanol–water partition coefficient (Wildman–Crippen LogP) is 0.692. The van der Waals surface area contributed by atoms with Crippen molar-refractivity contribution >= 4 is 5.97 Å². The second-order valence-corrected chi connectivity index (χ2v) is 2.93. The van der Waals surface area contributed by atoms with E-state index in [9.17, 15) is 4.79 Å². The van der Waals surface area contributed by atoms with Crippen molar-refractivity contribution in [3.05, 3.63) is 0 Å². The summed E-state index contributed by atoms with van der Waals surface area (Å²) in [5.41, 5.74) is 0. The van der Waals surface area contributed by atoms with E-state index < -0.39 is 0 Å². The van der Waals surface area contributed by atoms with Crippen LogP contribution < -0.4 is 5.32 Å². The van der Waals surface area contributed by atoms with Crippen LogP contribution in [0.15, 0.2) is 0 Å². The molecule has 64 valence electrons. The number of nitrogens with one attached hydrogen (secondary N) is 1. The summed E-state index contributed by atoms with van der Waals surface area (Å²) in [6.07, 6.45) is 3.46. The Kier molecular flexibility index (Phi) is 3.36. The van der Waals surface area contributed by atoms with Crippen LogP contribution in [0.4, 0.5) is 0 Å². The Bertz CT molecular complexity index is 128. The number of carbonyl (C=O) groups excluding carboxylic acids is 1. The highest BCUT2D eigenvalue weighted by Crippen LogP contribution is 2.07. The molecule has 0 aliphatic carbocycles. The van der Waals surface area contributed by atoms with Gasteiger partial charge in [-0.15, -0.1) is 0 Å². The molecule has 11 heavy (non-hydrogen) atoms. The van der Waals surface area contributed by atoms with E-state index in [4.69, 9.17) is 4.74 Å². The first-order valence-electron chi connectivity index (χ1n) is 4.17. The Morgan fingerprint density at radius 2 is 2.36 bits per heavy atom. The van der Waals surface area contributed by atoms with E-state index in [-0.39, 0.29) is 12.1 Å². The van der Waals surface area contributed by atoms with Gasteiger partial charge in [-0.1, -0.05) is 0 Å². The Balaban J connectivity index is 2.25. The standard InChI is InChI=1S/C8H15NO2/c1-7(10)11-8-4-2-3-5-9-6-8/h8-9H,2-6H2,1H3. The highest BCUT2D eigenvalue weighted by molar-refractivity contribution is 5.66. The quantitative estimate of drug-likeness (QED) is 0.569. The molecule has 0 bridgehead atoms. The van der Waals surface area contributed by atoms with Gasteiger partial charge in [0.05, 0.1) is 0 Å². The molecule has 1 N–H and O–H groups in total. The van der Waals surface area contributed by atoms with E-state index in [0.717, 1.165) is 25.9 Å². The van der Waals surface area contributed by atoms with Gasteiger partial charge >= 0.3 is 5.97 Å². The molecule has 1 fully saturated rings. The summed E-state index contributed by atoms with van der Waals surface area (Å²) in [4.78, 5) is 10.6. The lowest BCUT2D eigenvalue weighted by molar-refractivity contribution is -0.146. The molecule has 3 heteroatoms. The van der Waals surface area contributed by atoms with Crippen LogP contribution in [0.5, 0.6) is 0 Å². The van der Waals surface area contributed by atoms with Gasteiger partial charge < -0.3 is 10.1 Å². The van der Waals surface area contributed by atoms with E-state index >= 15 is 0 Å². The van der Waals surface area contributed by atoms with Crippen LogP contribution in [0.3, 0.4) is 0 Å². The molecule has 0 aromatic heterocycles. The van der Waals surface area contributed by atoms with Crippen molar-refractivity contribution in [1.29, 1.82) is 0 Å². The molecular formula is C8H15NO2. The molecular weight excluding hydrogens is 142 g/mol. The summed E-state index contributed by atoms with van der Waals surface area (Å²) in [5, 5.41) is 3.23. The Morgan fingerprint density at radius 3 is 3.09 bits per heavy atom. The summed E-state index contributed by atoms with van der Waals surface area (Å²) < 4.78 is 5.07. The number of hydrogen-bond donors (Lipinski definition) is 1. The van der Waals surface area contributed by atoms with Crippen molar-refractivity contribution in [2.45, 2.75) is 32.3 Å². The van der Waals surface area contributed by atoms with Gasteiger partial charge in [0.25, 0.3) is 0 Å². The van der Waals surface area contributed by atoms with Crippen LogP contribution >= 0.6 is 0 Å². The van der Waals surface area contributed by atoms with Crippen molar-refractivity contribution in [3.8, 4) is 0 Å². The zero-order chi connectivity index (χ0) is 8.10. The predicted molar refractivity (Wildman–Crippen MR) is 42.3 cm³/mol. The van der Waals surface area contributed by atoms with E-state index in [0.29, 0.717) is 0 Å². The fraction of sp³-hybridized carbons (Fsp3) is 0.875. The molecule has 1 atom stereocenters. The maximum atomic E-state index is 10.6. The third-order valence-corrected chi connectivity index (χ3v) is 1.83. The molecule has 0 aromatic carbocycles. The van der Waals surface area contributed by atoms with Gasteiger partial charge in [-0.25, -0.2) is 0 Å². The van der Waals surface area contributed by atoms with Crippen LogP contribution in [0.1, 0.15) is 26.2 Å². The van der Waals surface area contributed by atoms with Gasteiger partial charge in [0.2, 0.25) is 0 Å². The lowest BCUT2D eigenvalue weighted by atomic mass is 10.2. The lowest BCUT2D eigenvalue weighted by Gasteiger charge is -2.13. The van der Waals surface area contributed by atoms with Crippen LogP contribution in [0, 0.1) is 0 Å². The molecule has 0 spiro atoms. The Hall–Kier alpha value is -0.570. The lowest BCUT2D eigenvalue weighted by Crippen LogP contribution is -2.28. The molecule has 0 radical (unpaired) electrons. The molecule has 1 aliphatic heterocycles. The number of hydrogen-bond acceptors (Lipinski definition) is 3. The largest absolute Gasteiger partial charge is 0.461 e. The molecule has 0 amide bonds. The van der Waals surface area contributed by atoms with Crippen LogP contribution in [0.25, 0.3) is 0 Å². The first kappa shape index (κ1) is 8.53. The van der Waals surface area contributed by atoms with E-state index in [2.05, 4.69) is 5.32 Å². The zero-order valence-electron chi connectivity index (χ0n) is 6.93. The van der Waals surface area contributed by atoms with Crippen molar-refractivity contribution in [3.63, 3.8) is 0 Å². The average molecular weight is 157 g/mol. The van der Waals surface area contributed by atoms with Crippen molar-refractivity contribution in [1.82, 2.24) is 5.32 Å². The fourth-order valence-corrected chi connectivity index (χ4v) is 1.32. The van der Waals surface area contributed by atoms with Crippen molar-refractivity contribution < 1.29 is 9.53 Å². The fourth-order valence-electron chi connectivity index (χ4n) is 1.32. The van der Waals surface area contributed by atoms with Gasteiger partial charge in [0.15, 0.2) is 0 Å². The number of ether oxygens (including phenoxy) is 1. The Labute approximate surface area is 67.1 Å². The topological polar surface area (TPSA) is 38.3 Å². The first-order valence-corrected chi connectivity index (χ1v) is 4.17. The minimum atomic E-state index is -0.168. The molecule has 0 saturated carbocycles. The van der Waals surface area contributed by atoms with Crippen LogP contribution in [-0.4, -0.2) is 25.2 Å². The normalized spacial score (nSPS) is 25.7. The minimum absolute atomic E-state index is 0.106. The second-order valence-electron chi connectivity index (χ2n) is 2.93. The highest BCUT2D eigenvalue weighted by Gasteiger charge is 2.13. The monoisotopic (exact) mass is 157 g/mol. The zero-order valence-corrected chi connectivity index (χ0v) is 6.93. The summed E-state index contributed by atoms with van der Waals surface area (Å²) in [5.74, 6) is -0.168. The maximum absolute atomic E-state index is 10.6.